The van der Waals surface area contributed by atoms with Gasteiger partial charge in [0.2, 0.25) is 0 Å². The van der Waals surface area contributed by atoms with Crippen LogP contribution in [-0.4, -0.2) is 12.8 Å². The third-order valence-corrected chi connectivity index (χ3v) is 3.99. The lowest BCUT2D eigenvalue weighted by atomic mass is 10.1. The molecule has 1 N–H and O–H groups in total. The molecule has 0 amide bonds. The average molecular weight is 247 g/mol. The highest BCUT2D eigenvalue weighted by atomic mass is 32.2. The molecule has 0 unspecified atom stereocenters. The van der Waals surface area contributed by atoms with E-state index in [4.69, 9.17) is 0 Å². The van der Waals surface area contributed by atoms with E-state index >= 15 is 0 Å². The van der Waals surface area contributed by atoms with E-state index in [2.05, 4.69) is 41.9 Å². The summed E-state index contributed by atoms with van der Waals surface area (Å²) in [5, 5.41) is 3.52. The van der Waals surface area contributed by atoms with Crippen LogP contribution in [-0.2, 0) is 6.54 Å². The van der Waals surface area contributed by atoms with Gasteiger partial charge in [0.15, 0.2) is 0 Å². The fourth-order valence-electron chi connectivity index (χ4n) is 2.19. The van der Waals surface area contributed by atoms with Crippen LogP contribution in [0, 0.1) is 0 Å². The highest BCUT2D eigenvalue weighted by Gasteiger charge is 2.03. The summed E-state index contributed by atoms with van der Waals surface area (Å²) in [6, 6.07) is 8.82. The highest BCUT2D eigenvalue weighted by Crippen LogP contribution is 2.19. The fourth-order valence-corrected chi connectivity index (χ4v) is 2.60. The number of nitrogens with one attached hydrogen (secondary N) is 1. The minimum Gasteiger partial charge on any atom is -0.312 e. The average Bonchev–Trinajstić information content (AvgIpc) is 2.88. The van der Waals surface area contributed by atoms with E-state index in [0.29, 0.717) is 0 Å². The Bertz CT molecular complexity index is 367. The zero-order valence-electron chi connectivity index (χ0n) is 10.5. The van der Waals surface area contributed by atoms with Crippen molar-refractivity contribution in [2.24, 2.45) is 0 Å². The molecule has 2 rings (SSSR count). The van der Waals surface area contributed by atoms with Crippen molar-refractivity contribution in [3.63, 3.8) is 0 Å². The van der Waals surface area contributed by atoms with Gasteiger partial charge in [-0.3, -0.25) is 0 Å². The first-order chi connectivity index (χ1) is 8.38. The van der Waals surface area contributed by atoms with Crippen LogP contribution in [0.25, 0.3) is 0 Å². The minimum atomic E-state index is 0.988. The molecule has 92 valence electrons. The third-order valence-electron chi connectivity index (χ3n) is 3.25. The van der Waals surface area contributed by atoms with Crippen LogP contribution in [0.3, 0.4) is 0 Å². The molecule has 1 aliphatic carbocycles. The number of allylic oxidation sites excluding steroid dienone is 1. The first-order valence-corrected chi connectivity index (χ1v) is 7.62. The Morgan fingerprint density at radius 3 is 2.71 bits per heavy atom. The Kier molecular flexibility index (Phi) is 5.14. The first kappa shape index (κ1) is 12.7. The normalized spacial score (nSPS) is 15.0. The van der Waals surface area contributed by atoms with Crippen molar-refractivity contribution in [2.75, 3.05) is 12.8 Å². The van der Waals surface area contributed by atoms with E-state index < -0.39 is 0 Å². The van der Waals surface area contributed by atoms with Gasteiger partial charge in [-0.15, -0.1) is 11.8 Å². The van der Waals surface area contributed by atoms with Crippen LogP contribution in [0.5, 0.6) is 0 Å². The second-order valence-corrected chi connectivity index (χ2v) is 5.41. The van der Waals surface area contributed by atoms with E-state index in [0.717, 1.165) is 13.1 Å². The van der Waals surface area contributed by atoms with Gasteiger partial charge in [0.05, 0.1) is 0 Å². The summed E-state index contributed by atoms with van der Waals surface area (Å²) < 4.78 is 0. The van der Waals surface area contributed by atoms with Crippen molar-refractivity contribution in [1.82, 2.24) is 5.32 Å². The smallest absolute Gasteiger partial charge is 0.0205 e. The van der Waals surface area contributed by atoms with E-state index in [1.807, 2.05) is 0 Å². The molecule has 0 radical (unpaired) electrons. The van der Waals surface area contributed by atoms with Crippen LogP contribution in [0.1, 0.15) is 31.2 Å². The summed E-state index contributed by atoms with van der Waals surface area (Å²) in [6.45, 7) is 2.10. The number of rotatable bonds is 6. The molecule has 17 heavy (non-hydrogen) atoms. The maximum atomic E-state index is 3.52. The monoisotopic (exact) mass is 247 g/mol. The molecule has 2 heteroatoms. The maximum Gasteiger partial charge on any atom is 0.0205 e. The molecular weight excluding hydrogens is 226 g/mol. The van der Waals surface area contributed by atoms with Crippen LogP contribution in [0.2, 0.25) is 0 Å². The van der Waals surface area contributed by atoms with Crippen molar-refractivity contribution in [3.8, 4) is 0 Å². The number of hydrogen-bond acceptors (Lipinski definition) is 2. The minimum absolute atomic E-state index is 0.988. The van der Waals surface area contributed by atoms with E-state index in [9.17, 15) is 0 Å². The molecule has 0 atom stereocenters. The zero-order valence-corrected chi connectivity index (χ0v) is 11.4. The predicted molar refractivity (Wildman–Crippen MR) is 76.5 cm³/mol. The quantitative estimate of drug-likeness (QED) is 0.463. The lowest BCUT2D eigenvalue weighted by molar-refractivity contribution is 0.675. The summed E-state index contributed by atoms with van der Waals surface area (Å²) in [7, 11) is 0. The van der Waals surface area contributed by atoms with Gasteiger partial charge in [0.1, 0.15) is 0 Å². The SMILES string of the molecule is CSc1ccc(CNCCC2=CCCC2)cc1. The van der Waals surface area contributed by atoms with Gasteiger partial charge >= 0.3 is 0 Å². The van der Waals surface area contributed by atoms with Crippen molar-refractivity contribution in [1.29, 1.82) is 0 Å². The van der Waals surface area contributed by atoms with Gasteiger partial charge in [-0.2, -0.15) is 0 Å². The molecule has 0 bridgehead atoms. The molecular formula is C15H21NS. The van der Waals surface area contributed by atoms with Gasteiger partial charge in [-0.1, -0.05) is 23.8 Å². The molecule has 0 heterocycles. The van der Waals surface area contributed by atoms with Crippen molar-refractivity contribution < 1.29 is 0 Å². The van der Waals surface area contributed by atoms with Gasteiger partial charge in [-0.05, 0) is 56.2 Å². The van der Waals surface area contributed by atoms with Crippen LogP contribution < -0.4 is 5.32 Å². The number of benzene rings is 1. The van der Waals surface area contributed by atoms with Gasteiger partial charge in [0, 0.05) is 11.4 Å². The lowest BCUT2D eigenvalue weighted by Crippen LogP contribution is -2.14. The topological polar surface area (TPSA) is 12.0 Å². The van der Waals surface area contributed by atoms with Crippen LogP contribution in [0.4, 0.5) is 0 Å². The van der Waals surface area contributed by atoms with Gasteiger partial charge < -0.3 is 5.32 Å². The summed E-state index contributed by atoms with van der Waals surface area (Å²) >= 11 is 1.79. The van der Waals surface area contributed by atoms with Crippen molar-refractivity contribution in [2.45, 2.75) is 37.1 Å². The summed E-state index contributed by atoms with van der Waals surface area (Å²) in [5.41, 5.74) is 3.03. The van der Waals surface area contributed by atoms with Crippen LogP contribution in [0.15, 0.2) is 40.8 Å². The fraction of sp³-hybridized carbons (Fsp3) is 0.467. The summed E-state index contributed by atoms with van der Waals surface area (Å²) in [5.74, 6) is 0. The summed E-state index contributed by atoms with van der Waals surface area (Å²) in [4.78, 5) is 1.34. The van der Waals surface area contributed by atoms with Crippen molar-refractivity contribution in [3.05, 3.63) is 41.5 Å². The lowest BCUT2D eigenvalue weighted by Gasteiger charge is -2.06. The Morgan fingerprint density at radius 2 is 2.06 bits per heavy atom. The molecule has 0 aliphatic heterocycles. The highest BCUT2D eigenvalue weighted by molar-refractivity contribution is 7.98. The largest absolute Gasteiger partial charge is 0.312 e. The molecule has 1 nitrogen and oxygen atoms in total. The van der Waals surface area contributed by atoms with E-state index in [1.54, 1.807) is 17.3 Å². The Balaban J connectivity index is 1.67. The zero-order chi connectivity index (χ0) is 11.9. The van der Waals surface area contributed by atoms with Crippen LogP contribution >= 0.6 is 11.8 Å². The van der Waals surface area contributed by atoms with Gasteiger partial charge in [0.25, 0.3) is 0 Å². The molecule has 0 saturated heterocycles. The standard InChI is InChI=1S/C15H21NS/c1-17-15-8-6-14(7-9-15)12-16-11-10-13-4-2-3-5-13/h4,6-9,16H,2-3,5,10-12H2,1H3. The Morgan fingerprint density at radius 1 is 1.24 bits per heavy atom. The number of thioether (sulfide) groups is 1. The molecule has 0 aromatic heterocycles. The first-order valence-electron chi connectivity index (χ1n) is 6.40. The summed E-state index contributed by atoms with van der Waals surface area (Å²) in [6.07, 6.45) is 9.74. The molecule has 0 spiro atoms. The molecule has 0 fully saturated rings. The Hall–Kier alpha value is -0.730. The number of hydrogen-bond donors (Lipinski definition) is 1. The van der Waals surface area contributed by atoms with Crippen molar-refractivity contribution >= 4 is 11.8 Å². The third kappa shape index (κ3) is 4.21. The van der Waals surface area contributed by atoms with E-state index in [-0.39, 0.29) is 0 Å². The molecule has 1 aromatic rings. The second kappa shape index (κ2) is 6.87. The molecule has 0 saturated carbocycles. The maximum absolute atomic E-state index is 3.52. The van der Waals surface area contributed by atoms with Gasteiger partial charge in [-0.25, -0.2) is 0 Å². The molecule has 1 aromatic carbocycles. The van der Waals surface area contributed by atoms with E-state index in [1.165, 1.54) is 36.1 Å². The predicted octanol–water partition coefficient (Wildman–Crippen LogP) is 4.00. The second-order valence-electron chi connectivity index (χ2n) is 4.53. The Labute approximate surface area is 109 Å². The molecule has 1 aliphatic rings.